The molecule has 2 aromatic rings. The van der Waals surface area contributed by atoms with Crippen LogP contribution in [0.2, 0.25) is 0 Å². The second kappa shape index (κ2) is 5.99. The molecule has 0 heterocycles. The van der Waals surface area contributed by atoms with Gasteiger partial charge in [0.25, 0.3) is 0 Å². The van der Waals surface area contributed by atoms with Gasteiger partial charge in [0, 0.05) is 10.1 Å². The molecule has 0 fully saturated rings. The van der Waals surface area contributed by atoms with E-state index in [4.69, 9.17) is 12.2 Å². The highest BCUT2D eigenvalue weighted by Gasteiger charge is 2.09. The van der Waals surface area contributed by atoms with Gasteiger partial charge in [0.15, 0.2) is 0 Å². The van der Waals surface area contributed by atoms with Crippen molar-refractivity contribution >= 4 is 29.7 Å². The first kappa shape index (κ1) is 12.3. The van der Waals surface area contributed by atoms with Crippen molar-refractivity contribution in [3.05, 3.63) is 71.8 Å². The lowest BCUT2D eigenvalue weighted by Crippen LogP contribution is -2.02. The molecular formula is C15H14S2. The maximum atomic E-state index is 5.45. The van der Waals surface area contributed by atoms with E-state index >= 15 is 0 Å². The van der Waals surface area contributed by atoms with E-state index in [-0.39, 0.29) is 5.25 Å². The standard InChI is InChI=1S/C15H14S2/c16-14(12-7-3-1-4-8-12)11-15(17)13-9-5-2-6-10-13/h1-10,14,16H,11H2. The van der Waals surface area contributed by atoms with Crippen LogP contribution in [0, 0.1) is 0 Å². The first-order valence-electron chi connectivity index (χ1n) is 5.58. The largest absolute Gasteiger partial charge is 0.171 e. The molecule has 0 bridgehead atoms. The molecule has 0 N–H and O–H groups in total. The maximum Gasteiger partial charge on any atom is 0.0315 e. The van der Waals surface area contributed by atoms with Gasteiger partial charge in [-0.15, -0.1) is 0 Å². The van der Waals surface area contributed by atoms with Crippen molar-refractivity contribution in [1.82, 2.24) is 0 Å². The Balaban J connectivity index is 2.05. The van der Waals surface area contributed by atoms with Crippen molar-refractivity contribution in [2.24, 2.45) is 0 Å². The Morgan fingerprint density at radius 2 is 1.47 bits per heavy atom. The fourth-order valence-corrected chi connectivity index (χ4v) is 2.49. The van der Waals surface area contributed by atoms with Crippen LogP contribution in [0.5, 0.6) is 0 Å². The van der Waals surface area contributed by atoms with Gasteiger partial charge in [0.2, 0.25) is 0 Å². The summed E-state index contributed by atoms with van der Waals surface area (Å²) in [6.45, 7) is 0. The zero-order valence-corrected chi connectivity index (χ0v) is 11.1. The van der Waals surface area contributed by atoms with Gasteiger partial charge in [-0.2, -0.15) is 12.6 Å². The third-order valence-corrected chi connectivity index (χ3v) is 3.54. The molecule has 0 saturated carbocycles. The molecule has 0 amide bonds. The minimum atomic E-state index is 0.170. The highest BCUT2D eigenvalue weighted by Crippen LogP contribution is 2.25. The summed E-state index contributed by atoms with van der Waals surface area (Å²) in [6, 6.07) is 20.4. The molecule has 0 aliphatic rings. The first-order valence-corrected chi connectivity index (χ1v) is 6.51. The summed E-state index contributed by atoms with van der Waals surface area (Å²) in [5.74, 6) is 0. The van der Waals surface area contributed by atoms with E-state index < -0.39 is 0 Å². The SMILES string of the molecule is S=C(CC(S)c1ccccc1)c1ccccc1. The Morgan fingerprint density at radius 3 is 2.06 bits per heavy atom. The average Bonchev–Trinajstić information content (AvgIpc) is 2.40. The summed E-state index contributed by atoms with van der Waals surface area (Å²) in [5, 5.41) is 0.170. The average molecular weight is 258 g/mol. The molecule has 0 nitrogen and oxygen atoms in total. The predicted molar refractivity (Wildman–Crippen MR) is 80.9 cm³/mol. The minimum absolute atomic E-state index is 0.170. The van der Waals surface area contributed by atoms with Crippen LogP contribution in [0.15, 0.2) is 60.7 Å². The Bertz CT molecular complexity index is 477. The monoisotopic (exact) mass is 258 g/mol. The summed E-state index contributed by atoms with van der Waals surface area (Å²) in [6.07, 6.45) is 0.798. The van der Waals surface area contributed by atoms with E-state index in [1.54, 1.807) is 0 Å². The van der Waals surface area contributed by atoms with Crippen molar-refractivity contribution in [1.29, 1.82) is 0 Å². The van der Waals surface area contributed by atoms with Gasteiger partial charge in [0.1, 0.15) is 0 Å². The van der Waals surface area contributed by atoms with E-state index in [1.165, 1.54) is 5.56 Å². The van der Waals surface area contributed by atoms with Gasteiger partial charge in [-0.1, -0.05) is 72.9 Å². The highest BCUT2D eigenvalue weighted by molar-refractivity contribution is 7.82. The van der Waals surface area contributed by atoms with Gasteiger partial charge < -0.3 is 0 Å². The smallest absolute Gasteiger partial charge is 0.0315 e. The van der Waals surface area contributed by atoms with E-state index in [0.29, 0.717) is 0 Å². The molecule has 1 unspecified atom stereocenters. The number of benzene rings is 2. The summed E-state index contributed by atoms with van der Waals surface area (Å²) in [7, 11) is 0. The van der Waals surface area contributed by atoms with E-state index in [2.05, 4.69) is 24.8 Å². The molecule has 0 radical (unpaired) electrons. The normalized spacial score (nSPS) is 12.1. The molecule has 17 heavy (non-hydrogen) atoms. The van der Waals surface area contributed by atoms with Crippen LogP contribution in [0.3, 0.4) is 0 Å². The van der Waals surface area contributed by atoms with Crippen LogP contribution >= 0.6 is 24.8 Å². The van der Waals surface area contributed by atoms with Crippen LogP contribution in [-0.2, 0) is 0 Å². The van der Waals surface area contributed by atoms with Gasteiger partial charge >= 0.3 is 0 Å². The number of rotatable bonds is 4. The fourth-order valence-electron chi connectivity index (χ4n) is 1.71. The Morgan fingerprint density at radius 1 is 0.941 bits per heavy atom. The molecule has 2 aromatic carbocycles. The number of hydrogen-bond donors (Lipinski definition) is 1. The Labute approximate surface area is 113 Å². The van der Waals surface area contributed by atoms with Crippen LogP contribution in [-0.4, -0.2) is 4.86 Å². The van der Waals surface area contributed by atoms with Gasteiger partial charge in [-0.3, -0.25) is 0 Å². The molecular weight excluding hydrogens is 244 g/mol. The number of thiol groups is 1. The van der Waals surface area contributed by atoms with E-state index in [1.807, 2.05) is 48.5 Å². The van der Waals surface area contributed by atoms with Crippen molar-refractivity contribution < 1.29 is 0 Å². The number of hydrogen-bond acceptors (Lipinski definition) is 2. The molecule has 2 rings (SSSR count). The molecule has 86 valence electrons. The van der Waals surface area contributed by atoms with Crippen LogP contribution in [0.25, 0.3) is 0 Å². The van der Waals surface area contributed by atoms with Crippen molar-refractivity contribution in [3.8, 4) is 0 Å². The Kier molecular flexibility index (Phi) is 4.35. The summed E-state index contributed by atoms with van der Waals surface area (Å²) < 4.78 is 0. The summed E-state index contributed by atoms with van der Waals surface area (Å²) in [4.78, 5) is 0.967. The summed E-state index contributed by atoms with van der Waals surface area (Å²) >= 11 is 10.1. The van der Waals surface area contributed by atoms with Gasteiger partial charge in [0.05, 0.1) is 0 Å². The third-order valence-electron chi connectivity index (χ3n) is 2.66. The third kappa shape index (κ3) is 3.42. The first-order chi connectivity index (χ1) is 8.27. The lowest BCUT2D eigenvalue weighted by atomic mass is 10.0. The lowest BCUT2D eigenvalue weighted by molar-refractivity contribution is 1.03. The van der Waals surface area contributed by atoms with Crippen molar-refractivity contribution in [3.63, 3.8) is 0 Å². The van der Waals surface area contributed by atoms with Crippen LogP contribution in [0.4, 0.5) is 0 Å². The summed E-state index contributed by atoms with van der Waals surface area (Å²) in [5.41, 5.74) is 2.34. The highest BCUT2D eigenvalue weighted by atomic mass is 32.1. The predicted octanol–water partition coefficient (Wildman–Crippen LogP) is 4.47. The topological polar surface area (TPSA) is 0 Å². The van der Waals surface area contributed by atoms with Crippen LogP contribution in [0.1, 0.15) is 22.8 Å². The molecule has 1 atom stereocenters. The minimum Gasteiger partial charge on any atom is -0.171 e. The lowest BCUT2D eigenvalue weighted by Gasteiger charge is -2.12. The molecule has 0 aliphatic carbocycles. The quantitative estimate of drug-likeness (QED) is 0.480. The molecule has 0 spiro atoms. The molecule has 0 aromatic heterocycles. The molecule has 0 saturated heterocycles. The van der Waals surface area contributed by atoms with E-state index in [9.17, 15) is 0 Å². The van der Waals surface area contributed by atoms with Crippen molar-refractivity contribution in [2.45, 2.75) is 11.7 Å². The second-order valence-electron chi connectivity index (χ2n) is 3.92. The zero-order chi connectivity index (χ0) is 12.1. The fraction of sp³-hybridized carbons (Fsp3) is 0.133. The second-order valence-corrected chi connectivity index (χ2v) is 5.04. The van der Waals surface area contributed by atoms with Gasteiger partial charge in [-0.25, -0.2) is 0 Å². The van der Waals surface area contributed by atoms with Gasteiger partial charge in [-0.05, 0) is 17.5 Å². The van der Waals surface area contributed by atoms with Crippen LogP contribution < -0.4 is 0 Å². The maximum absolute atomic E-state index is 5.45. The molecule has 2 heteroatoms. The number of thiocarbonyl (C=S) groups is 1. The Hall–Kier alpha value is -1.12. The van der Waals surface area contributed by atoms with Crippen molar-refractivity contribution in [2.75, 3.05) is 0 Å². The van der Waals surface area contributed by atoms with E-state index in [0.717, 1.165) is 16.8 Å². The molecule has 0 aliphatic heterocycles. The zero-order valence-electron chi connectivity index (χ0n) is 9.41.